The third kappa shape index (κ3) is 4.74. The highest BCUT2D eigenvalue weighted by molar-refractivity contribution is 5.77. The van der Waals surface area contributed by atoms with Gasteiger partial charge < -0.3 is 19.9 Å². The van der Waals surface area contributed by atoms with Crippen molar-refractivity contribution in [2.45, 2.75) is 39.3 Å². The SMILES string of the molecule is CCC(C)NC(=O)COc1cc(OC)ccc1[C@@H](C)O. The van der Waals surface area contributed by atoms with Crippen molar-refractivity contribution in [3.8, 4) is 11.5 Å². The average Bonchev–Trinajstić information content (AvgIpc) is 2.44. The molecule has 112 valence electrons. The van der Waals surface area contributed by atoms with Crippen molar-refractivity contribution in [1.82, 2.24) is 5.32 Å². The lowest BCUT2D eigenvalue weighted by molar-refractivity contribution is -0.123. The summed E-state index contributed by atoms with van der Waals surface area (Å²) in [6, 6.07) is 5.26. The predicted molar refractivity (Wildman–Crippen MR) is 77.0 cm³/mol. The van der Waals surface area contributed by atoms with E-state index in [1.807, 2.05) is 13.8 Å². The van der Waals surface area contributed by atoms with Gasteiger partial charge in [0, 0.05) is 17.7 Å². The zero-order valence-electron chi connectivity index (χ0n) is 12.5. The molecule has 0 spiro atoms. The van der Waals surface area contributed by atoms with Gasteiger partial charge in [-0.25, -0.2) is 0 Å². The Balaban J connectivity index is 2.72. The Morgan fingerprint density at radius 1 is 1.40 bits per heavy atom. The third-order valence-electron chi connectivity index (χ3n) is 3.05. The minimum Gasteiger partial charge on any atom is -0.497 e. The molecule has 1 aromatic carbocycles. The molecule has 2 N–H and O–H groups in total. The summed E-state index contributed by atoms with van der Waals surface area (Å²) in [6.07, 6.45) is 0.192. The number of carbonyl (C=O) groups is 1. The molecule has 0 aromatic heterocycles. The Kier molecular flexibility index (Phi) is 6.31. The molecule has 2 atom stereocenters. The molecule has 0 saturated carbocycles. The van der Waals surface area contributed by atoms with Crippen molar-refractivity contribution in [1.29, 1.82) is 0 Å². The lowest BCUT2D eigenvalue weighted by Gasteiger charge is -2.16. The molecule has 5 heteroatoms. The number of benzene rings is 1. The maximum Gasteiger partial charge on any atom is 0.258 e. The molecule has 1 aromatic rings. The first kappa shape index (κ1) is 16.3. The van der Waals surface area contributed by atoms with E-state index in [1.54, 1.807) is 32.2 Å². The van der Waals surface area contributed by atoms with Crippen molar-refractivity contribution in [2.24, 2.45) is 0 Å². The fourth-order valence-corrected chi connectivity index (χ4v) is 1.67. The van der Waals surface area contributed by atoms with E-state index in [-0.39, 0.29) is 18.6 Å². The quantitative estimate of drug-likeness (QED) is 0.802. The van der Waals surface area contributed by atoms with E-state index in [9.17, 15) is 9.90 Å². The van der Waals surface area contributed by atoms with Crippen LogP contribution in [0.3, 0.4) is 0 Å². The van der Waals surface area contributed by atoms with Gasteiger partial charge in [-0.2, -0.15) is 0 Å². The van der Waals surface area contributed by atoms with E-state index >= 15 is 0 Å². The van der Waals surface area contributed by atoms with Gasteiger partial charge in [0.25, 0.3) is 5.91 Å². The lowest BCUT2D eigenvalue weighted by atomic mass is 10.1. The van der Waals surface area contributed by atoms with E-state index in [0.717, 1.165) is 6.42 Å². The number of aliphatic hydroxyl groups excluding tert-OH is 1. The van der Waals surface area contributed by atoms with Crippen LogP contribution in [0.4, 0.5) is 0 Å². The second-order valence-electron chi connectivity index (χ2n) is 4.75. The van der Waals surface area contributed by atoms with Crippen molar-refractivity contribution in [3.05, 3.63) is 23.8 Å². The van der Waals surface area contributed by atoms with Crippen LogP contribution in [0.15, 0.2) is 18.2 Å². The van der Waals surface area contributed by atoms with Gasteiger partial charge >= 0.3 is 0 Å². The van der Waals surface area contributed by atoms with Crippen molar-refractivity contribution in [2.75, 3.05) is 13.7 Å². The van der Waals surface area contributed by atoms with Gasteiger partial charge in [0.2, 0.25) is 0 Å². The smallest absolute Gasteiger partial charge is 0.258 e. The maximum absolute atomic E-state index is 11.7. The molecule has 0 fully saturated rings. The van der Waals surface area contributed by atoms with Crippen LogP contribution in [-0.2, 0) is 4.79 Å². The number of aliphatic hydroxyl groups is 1. The average molecular weight is 281 g/mol. The number of amides is 1. The van der Waals surface area contributed by atoms with E-state index in [1.165, 1.54) is 0 Å². The molecule has 0 radical (unpaired) electrons. The van der Waals surface area contributed by atoms with Gasteiger partial charge in [-0.05, 0) is 32.4 Å². The Morgan fingerprint density at radius 2 is 2.10 bits per heavy atom. The number of nitrogens with one attached hydrogen (secondary N) is 1. The molecule has 0 aliphatic rings. The van der Waals surface area contributed by atoms with Gasteiger partial charge in [0.05, 0.1) is 13.2 Å². The van der Waals surface area contributed by atoms with Gasteiger partial charge in [0.1, 0.15) is 11.5 Å². The number of rotatable bonds is 7. The highest BCUT2D eigenvalue weighted by Gasteiger charge is 2.13. The molecular weight excluding hydrogens is 258 g/mol. The molecular formula is C15H23NO4. The molecule has 5 nitrogen and oxygen atoms in total. The lowest BCUT2D eigenvalue weighted by Crippen LogP contribution is -2.35. The highest BCUT2D eigenvalue weighted by Crippen LogP contribution is 2.29. The van der Waals surface area contributed by atoms with Crippen LogP contribution >= 0.6 is 0 Å². The summed E-state index contributed by atoms with van der Waals surface area (Å²) in [7, 11) is 1.55. The van der Waals surface area contributed by atoms with Crippen LogP contribution in [0.5, 0.6) is 11.5 Å². The molecule has 0 aliphatic carbocycles. The van der Waals surface area contributed by atoms with E-state index in [2.05, 4.69) is 5.32 Å². The van der Waals surface area contributed by atoms with Crippen LogP contribution in [0.2, 0.25) is 0 Å². The summed E-state index contributed by atoms with van der Waals surface area (Å²) in [5.41, 5.74) is 0.627. The number of methoxy groups -OCH3 is 1. The van der Waals surface area contributed by atoms with Gasteiger partial charge in [-0.15, -0.1) is 0 Å². The normalized spacial score (nSPS) is 13.4. The molecule has 0 aliphatic heterocycles. The Bertz CT molecular complexity index is 445. The largest absolute Gasteiger partial charge is 0.497 e. The second-order valence-corrected chi connectivity index (χ2v) is 4.75. The first-order valence-corrected chi connectivity index (χ1v) is 6.76. The van der Waals surface area contributed by atoms with Crippen LogP contribution < -0.4 is 14.8 Å². The summed E-state index contributed by atoms with van der Waals surface area (Å²) in [4.78, 5) is 11.7. The van der Waals surface area contributed by atoms with Crippen molar-refractivity contribution < 1.29 is 19.4 Å². The minimum atomic E-state index is -0.673. The standard InChI is InChI=1S/C15H23NO4/c1-5-10(2)16-15(18)9-20-14-8-12(19-4)6-7-13(14)11(3)17/h6-8,10-11,17H,5,9H2,1-4H3,(H,16,18)/t10?,11-/m1/s1. The summed E-state index contributed by atoms with van der Waals surface area (Å²) < 4.78 is 10.6. The van der Waals surface area contributed by atoms with E-state index in [0.29, 0.717) is 17.1 Å². The second kappa shape index (κ2) is 7.75. The monoisotopic (exact) mass is 281 g/mol. The molecule has 0 bridgehead atoms. The molecule has 20 heavy (non-hydrogen) atoms. The summed E-state index contributed by atoms with van der Waals surface area (Å²) in [5, 5.41) is 12.5. The molecule has 0 saturated heterocycles. The minimum absolute atomic E-state index is 0.0861. The zero-order valence-corrected chi connectivity index (χ0v) is 12.5. The topological polar surface area (TPSA) is 67.8 Å². The van der Waals surface area contributed by atoms with Crippen LogP contribution in [-0.4, -0.2) is 30.8 Å². The first-order valence-electron chi connectivity index (χ1n) is 6.76. The van der Waals surface area contributed by atoms with Gasteiger partial charge in [-0.1, -0.05) is 6.92 Å². The van der Waals surface area contributed by atoms with Crippen LogP contribution in [0.25, 0.3) is 0 Å². The Labute approximate surface area is 119 Å². The zero-order chi connectivity index (χ0) is 15.1. The number of hydrogen-bond acceptors (Lipinski definition) is 4. The number of ether oxygens (including phenoxy) is 2. The van der Waals surface area contributed by atoms with Gasteiger partial charge in [-0.3, -0.25) is 4.79 Å². The molecule has 1 amide bonds. The number of carbonyl (C=O) groups excluding carboxylic acids is 1. The molecule has 1 unspecified atom stereocenters. The first-order chi connectivity index (χ1) is 9.47. The summed E-state index contributed by atoms with van der Waals surface area (Å²) in [6.45, 7) is 5.50. The summed E-state index contributed by atoms with van der Waals surface area (Å²) in [5.74, 6) is 0.893. The van der Waals surface area contributed by atoms with Crippen molar-refractivity contribution >= 4 is 5.91 Å². The fraction of sp³-hybridized carbons (Fsp3) is 0.533. The Morgan fingerprint density at radius 3 is 2.65 bits per heavy atom. The summed E-state index contributed by atoms with van der Waals surface area (Å²) >= 11 is 0. The van der Waals surface area contributed by atoms with E-state index in [4.69, 9.17) is 9.47 Å². The highest BCUT2D eigenvalue weighted by atomic mass is 16.5. The molecule has 0 heterocycles. The number of hydrogen-bond donors (Lipinski definition) is 2. The third-order valence-corrected chi connectivity index (χ3v) is 3.05. The van der Waals surface area contributed by atoms with Crippen molar-refractivity contribution in [3.63, 3.8) is 0 Å². The van der Waals surface area contributed by atoms with Gasteiger partial charge in [0.15, 0.2) is 6.61 Å². The molecule has 1 rings (SSSR count). The maximum atomic E-state index is 11.7. The van der Waals surface area contributed by atoms with Crippen LogP contribution in [0, 0.1) is 0 Å². The Hall–Kier alpha value is -1.75. The van der Waals surface area contributed by atoms with E-state index < -0.39 is 6.10 Å². The van der Waals surface area contributed by atoms with Crippen LogP contribution in [0.1, 0.15) is 38.9 Å². The predicted octanol–water partition coefficient (Wildman–Crippen LogP) is 2.04. The fourth-order valence-electron chi connectivity index (χ4n) is 1.67.